The number of nitrogens with one attached hydrogen (secondary N) is 7. The summed E-state index contributed by atoms with van der Waals surface area (Å²) in [6.45, 7) is 32.6. The Morgan fingerprint density at radius 3 is 1.02 bits per heavy atom. The molecule has 0 atom stereocenters. The first-order chi connectivity index (χ1) is 25.4. The maximum absolute atomic E-state index is 5.55. The van der Waals surface area contributed by atoms with Crippen molar-refractivity contribution >= 4 is 0 Å². The fraction of sp³-hybridized carbons (Fsp3) is 1.00. The minimum atomic E-state index is 0.707. The molecule has 0 fully saturated rings. The third-order valence-electron chi connectivity index (χ3n) is 7.76. The summed E-state index contributed by atoms with van der Waals surface area (Å²) >= 11 is 0. The lowest BCUT2D eigenvalue weighted by molar-refractivity contribution is 0.220. The summed E-state index contributed by atoms with van der Waals surface area (Å²) < 4.78 is 0. The highest BCUT2D eigenvalue weighted by molar-refractivity contribution is 4.62. The van der Waals surface area contributed by atoms with E-state index in [4.69, 9.17) is 17.2 Å². The molecule has 0 spiro atoms. The number of nitrogens with zero attached hydrogens (tertiary/aromatic N) is 6. The SMILES string of the molecule is CCN.CCN(C)C.CCN(C)CCN(C)CCNCCN(C)CCN(C)CCN.CCN(CCNCCNCCNCCNCCN)NC.CNC. The Hall–Kier alpha value is -0.640. The van der Waals surface area contributed by atoms with Gasteiger partial charge in [-0.1, -0.05) is 27.7 Å². The first-order valence-corrected chi connectivity index (χ1v) is 20.5. The number of nitrogens with two attached hydrogens (primary N) is 3. The van der Waals surface area contributed by atoms with Crippen LogP contribution in [0.15, 0.2) is 0 Å². The van der Waals surface area contributed by atoms with E-state index in [9.17, 15) is 0 Å². The van der Waals surface area contributed by atoms with Crippen molar-refractivity contribution < 1.29 is 0 Å². The highest BCUT2D eigenvalue weighted by Crippen LogP contribution is 1.87. The molecule has 53 heavy (non-hydrogen) atoms. The summed E-state index contributed by atoms with van der Waals surface area (Å²) in [4.78, 5) is 11.5. The molecule has 0 aromatic heterocycles. The number of likely N-dealkylation sites (N-methyl/N-ethyl adjacent to an activating group) is 5. The Balaban J connectivity index is -0.000000227. The van der Waals surface area contributed by atoms with Gasteiger partial charge in [0.05, 0.1) is 0 Å². The standard InChI is InChI=1S/C16H40N6.C13H35N7.C4H11N.2C2H7N/c1-6-19(2)13-14-21(4)11-8-18-9-12-22(5)16-15-20(3)10-7-17;1-3-20(15-2)13-12-19-11-10-18-9-8-17-7-6-16-5-4-14;1-4-5(2)3;1-3-2;1-2-3/h18H,6-17H2,1-5H3;15-19H,3-14H2,1-2H3;4H2,1-3H3;3H,1-2H3;2-3H2,1H3. The van der Waals surface area contributed by atoms with Crippen molar-refractivity contribution in [2.24, 2.45) is 17.2 Å². The zero-order valence-corrected chi connectivity index (χ0v) is 37.9. The van der Waals surface area contributed by atoms with Crippen molar-refractivity contribution in [1.82, 2.24) is 66.8 Å². The minimum Gasteiger partial charge on any atom is -0.331 e. The summed E-state index contributed by atoms with van der Waals surface area (Å²) in [6, 6.07) is 0. The van der Waals surface area contributed by atoms with Crippen LogP contribution in [-0.2, 0) is 0 Å². The van der Waals surface area contributed by atoms with Gasteiger partial charge >= 0.3 is 0 Å². The Kier molecular flexibility index (Phi) is 64.7. The first kappa shape index (κ1) is 61.6. The van der Waals surface area contributed by atoms with E-state index in [2.05, 4.69) is 130 Å². The molecule has 0 aromatic rings. The van der Waals surface area contributed by atoms with Crippen LogP contribution >= 0.6 is 0 Å². The van der Waals surface area contributed by atoms with E-state index in [-0.39, 0.29) is 0 Å². The second-order valence-corrected chi connectivity index (χ2v) is 13.2. The molecule has 0 aliphatic carbocycles. The third kappa shape index (κ3) is 66.6. The second-order valence-electron chi connectivity index (χ2n) is 13.2. The van der Waals surface area contributed by atoms with Crippen molar-refractivity contribution in [1.29, 1.82) is 0 Å². The summed E-state index contributed by atoms with van der Waals surface area (Å²) in [5.74, 6) is 0. The van der Waals surface area contributed by atoms with E-state index in [0.717, 1.165) is 151 Å². The van der Waals surface area contributed by atoms with Gasteiger partial charge in [-0.3, -0.25) is 5.43 Å². The van der Waals surface area contributed by atoms with Gasteiger partial charge in [0.2, 0.25) is 0 Å². The van der Waals surface area contributed by atoms with Gasteiger partial charge in [0.1, 0.15) is 0 Å². The third-order valence-corrected chi connectivity index (χ3v) is 7.76. The van der Waals surface area contributed by atoms with Crippen LogP contribution in [0.3, 0.4) is 0 Å². The van der Waals surface area contributed by atoms with Gasteiger partial charge in [0.25, 0.3) is 0 Å². The molecule has 0 aliphatic heterocycles. The smallest absolute Gasteiger partial charge is 0.0256 e. The molecule has 13 N–H and O–H groups in total. The van der Waals surface area contributed by atoms with Gasteiger partial charge in [-0.15, -0.1) is 0 Å². The molecule has 0 saturated carbocycles. The normalized spacial score (nSPS) is 11.0. The highest BCUT2D eigenvalue weighted by Gasteiger charge is 2.03. The van der Waals surface area contributed by atoms with Gasteiger partial charge in [-0.05, 0) is 83.1 Å². The van der Waals surface area contributed by atoms with Gasteiger partial charge in [0.15, 0.2) is 0 Å². The number of hydrogen-bond acceptors (Lipinski definition) is 16. The molecule has 0 heterocycles. The monoisotopic (exact) mass is 769 g/mol. The molecule has 0 radical (unpaired) electrons. The minimum absolute atomic E-state index is 0.707. The van der Waals surface area contributed by atoms with E-state index in [1.54, 1.807) is 0 Å². The lowest BCUT2D eigenvalue weighted by Crippen LogP contribution is -2.41. The fourth-order valence-corrected chi connectivity index (χ4v) is 3.84. The van der Waals surface area contributed by atoms with E-state index in [1.807, 2.05) is 28.1 Å². The molecule has 0 bridgehead atoms. The van der Waals surface area contributed by atoms with E-state index < -0.39 is 0 Å². The Morgan fingerprint density at radius 1 is 0.377 bits per heavy atom. The predicted octanol–water partition coefficient (Wildman–Crippen LogP) is -2.59. The molecule has 16 nitrogen and oxygen atoms in total. The molecule has 0 aromatic carbocycles. The summed E-state index contributed by atoms with van der Waals surface area (Å²) in [5, 5.41) is 21.9. The van der Waals surface area contributed by atoms with Crippen LogP contribution < -0.4 is 54.5 Å². The zero-order valence-electron chi connectivity index (χ0n) is 37.9. The van der Waals surface area contributed by atoms with Crippen molar-refractivity contribution in [3.8, 4) is 0 Å². The largest absolute Gasteiger partial charge is 0.331 e. The first-order valence-electron chi connectivity index (χ1n) is 20.5. The van der Waals surface area contributed by atoms with E-state index >= 15 is 0 Å². The fourth-order valence-electron chi connectivity index (χ4n) is 3.84. The topological polar surface area (TPSA) is 182 Å². The van der Waals surface area contributed by atoms with Crippen molar-refractivity contribution in [2.75, 3.05) is 221 Å². The van der Waals surface area contributed by atoms with Gasteiger partial charge in [-0.25, -0.2) is 5.01 Å². The Bertz CT molecular complexity index is 589. The average molecular weight is 769 g/mol. The summed E-state index contributed by atoms with van der Waals surface area (Å²) in [6.07, 6.45) is 0. The van der Waals surface area contributed by atoms with Crippen LogP contribution in [0.2, 0.25) is 0 Å². The maximum atomic E-state index is 5.55. The Labute approximate surface area is 331 Å². The molecule has 16 heteroatoms. The molecule has 328 valence electrons. The van der Waals surface area contributed by atoms with Crippen LogP contribution in [0.25, 0.3) is 0 Å². The lowest BCUT2D eigenvalue weighted by Gasteiger charge is -2.22. The van der Waals surface area contributed by atoms with Crippen LogP contribution in [0.5, 0.6) is 0 Å². The summed E-state index contributed by atoms with van der Waals surface area (Å²) in [7, 11) is 18.5. The molecular formula is C37H100N16. The maximum Gasteiger partial charge on any atom is 0.0256 e. The molecule has 0 amide bonds. The lowest BCUT2D eigenvalue weighted by atomic mass is 10.4. The molecular weight excluding hydrogens is 669 g/mol. The second kappa shape index (κ2) is 55.7. The van der Waals surface area contributed by atoms with E-state index in [0.29, 0.717) is 6.54 Å². The molecule has 0 unspecified atom stereocenters. The predicted molar refractivity (Wildman–Crippen MR) is 238 cm³/mol. The number of hydrogen-bond donors (Lipinski definition) is 10. The van der Waals surface area contributed by atoms with Crippen molar-refractivity contribution in [3.63, 3.8) is 0 Å². The van der Waals surface area contributed by atoms with Crippen molar-refractivity contribution in [2.45, 2.75) is 27.7 Å². The molecule has 0 rings (SSSR count). The van der Waals surface area contributed by atoms with Crippen LogP contribution in [-0.4, -0.2) is 250 Å². The molecule has 0 saturated heterocycles. The van der Waals surface area contributed by atoms with Crippen LogP contribution in [0.1, 0.15) is 27.7 Å². The van der Waals surface area contributed by atoms with Gasteiger partial charge in [-0.2, -0.15) is 0 Å². The Morgan fingerprint density at radius 2 is 0.698 bits per heavy atom. The van der Waals surface area contributed by atoms with E-state index in [1.165, 1.54) is 0 Å². The van der Waals surface area contributed by atoms with Crippen molar-refractivity contribution in [3.05, 3.63) is 0 Å². The number of rotatable bonds is 32. The van der Waals surface area contributed by atoms with Crippen LogP contribution in [0.4, 0.5) is 0 Å². The van der Waals surface area contributed by atoms with Crippen LogP contribution in [0, 0.1) is 0 Å². The zero-order chi connectivity index (χ0) is 41.4. The number of hydrazine groups is 1. The van der Waals surface area contributed by atoms with Gasteiger partial charge in [0, 0.05) is 137 Å². The molecule has 0 aliphatic rings. The summed E-state index contributed by atoms with van der Waals surface area (Å²) in [5.41, 5.74) is 18.9. The quantitative estimate of drug-likeness (QED) is 0.0254. The average Bonchev–Trinajstić information content (AvgIpc) is 3.14. The van der Waals surface area contributed by atoms with Gasteiger partial charge < -0.3 is 73.6 Å². The highest BCUT2D eigenvalue weighted by atomic mass is 15.5.